The molecule has 0 fully saturated rings. The highest BCUT2D eigenvalue weighted by molar-refractivity contribution is 7.13. The summed E-state index contributed by atoms with van der Waals surface area (Å²) in [6.45, 7) is 0. The molecule has 0 saturated heterocycles. The molecule has 0 bridgehead atoms. The molecular formula is C12H9S2+. The molecule has 0 amide bonds. The Balaban J connectivity index is 2.14. The van der Waals surface area contributed by atoms with Gasteiger partial charge in [-0.25, -0.2) is 0 Å². The molecule has 2 heterocycles. The van der Waals surface area contributed by atoms with Crippen LogP contribution in [0.4, 0.5) is 0 Å². The van der Waals surface area contributed by atoms with Crippen molar-refractivity contribution in [2.45, 2.75) is 6.42 Å². The number of allylic oxidation sites excluding steroid dienone is 1. The van der Waals surface area contributed by atoms with Crippen LogP contribution >= 0.6 is 22.7 Å². The standard InChI is InChI=1S/C12H9S2/c1-3-9-5-6-10(12(9)14-8-1)11-4-2-7-13-11/h1-4,6-8H,5H2/q+1. The molecule has 2 aromatic heterocycles. The predicted octanol–water partition coefficient (Wildman–Crippen LogP) is 4.08. The van der Waals surface area contributed by atoms with Crippen molar-refractivity contribution in [2.75, 3.05) is 0 Å². The lowest BCUT2D eigenvalue weighted by atomic mass is 10.2. The van der Waals surface area contributed by atoms with Gasteiger partial charge in [-0.05, 0) is 30.0 Å². The summed E-state index contributed by atoms with van der Waals surface area (Å²) >= 11 is 3.67. The SMILES string of the molecule is C1=C(c2cccs2)c2[s+]cccc2C1. The Morgan fingerprint density at radius 2 is 2.21 bits per heavy atom. The molecule has 2 aromatic rings. The monoisotopic (exact) mass is 217 g/mol. The molecule has 0 spiro atoms. The van der Waals surface area contributed by atoms with E-state index >= 15 is 0 Å². The van der Waals surface area contributed by atoms with Gasteiger partial charge in [0.2, 0.25) is 16.2 Å². The zero-order valence-electron chi connectivity index (χ0n) is 7.57. The molecule has 0 saturated carbocycles. The number of thiophene rings is 1. The Labute approximate surface area is 91.2 Å². The summed E-state index contributed by atoms with van der Waals surface area (Å²) in [7, 11) is 0. The lowest BCUT2D eigenvalue weighted by molar-refractivity contribution is 1.33. The number of hydrogen-bond acceptors (Lipinski definition) is 1. The molecule has 0 nitrogen and oxygen atoms in total. The maximum atomic E-state index is 2.34. The topological polar surface area (TPSA) is 0 Å². The van der Waals surface area contributed by atoms with E-state index in [1.54, 1.807) is 0 Å². The molecule has 0 aliphatic heterocycles. The average molecular weight is 217 g/mol. The minimum absolute atomic E-state index is 1.10. The van der Waals surface area contributed by atoms with Crippen molar-refractivity contribution in [1.29, 1.82) is 0 Å². The van der Waals surface area contributed by atoms with Crippen LogP contribution in [-0.4, -0.2) is 0 Å². The molecule has 14 heavy (non-hydrogen) atoms. The van der Waals surface area contributed by atoms with Crippen molar-refractivity contribution in [3.05, 3.63) is 56.4 Å². The molecule has 0 unspecified atom stereocenters. The highest BCUT2D eigenvalue weighted by atomic mass is 32.1. The third-order valence-corrected chi connectivity index (χ3v) is 4.33. The maximum Gasteiger partial charge on any atom is 0.242 e. The number of rotatable bonds is 1. The minimum Gasteiger partial charge on any atom is -0.144 e. The smallest absolute Gasteiger partial charge is 0.144 e. The van der Waals surface area contributed by atoms with E-state index in [9.17, 15) is 0 Å². The van der Waals surface area contributed by atoms with Gasteiger partial charge in [-0.1, -0.05) is 12.1 Å². The molecule has 0 N–H and O–H groups in total. The van der Waals surface area contributed by atoms with Crippen molar-refractivity contribution >= 4 is 28.2 Å². The summed E-state index contributed by atoms with van der Waals surface area (Å²) in [5, 5.41) is 4.30. The van der Waals surface area contributed by atoms with Crippen molar-refractivity contribution in [3.63, 3.8) is 0 Å². The lowest BCUT2D eigenvalue weighted by Crippen LogP contribution is -1.79. The van der Waals surface area contributed by atoms with E-state index in [2.05, 4.69) is 41.1 Å². The van der Waals surface area contributed by atoms with E-state index in [0.717, 1.165) is 6.42 Å². The van der Waals surface area contributed by atoms with E-state index in [0.29, 0.717) is 0 Å². The van der Waals surface area contributed by atoms with Gasteiger partial charge >= 0.3 is 0 Å². The molecule has 1 aliphatic carbocycles. The molecule has 3 rings (SSSR count). The fourth-order valence-corrected chi connectivity index (χ4v) is 3.51. The maximum absolute atomic E-state index is 2.34. The van der Waals surface area contributed by atoms with Gasteiger partial charge in [0.1, 0.15) is 0 Å². The summed E-state index contributed by atoms with van der Waals surface area (Å²) in [5.74, 6) is 0. The summed E-state index contributed by atoms with van der Waals surface area (Å²) in [4.78, 5) is 2.85. The van der Waals surface area contributed by atoms with E-state index < -0.39 is 0 Å². The van der Waals surface area contributed by atoms with Gasteiger partial charge in [-0.3, -0.25) is 0 Å². The van der Waals surface area contributed by atoms with Crippen LogP contribution in [0.5, 0.6) is 0 Å². The zero-order valence-corrected chi connectivity index (χ0v) is 9.20. The fraction of sp³-hybridized carbons (Fsp3) is 0.0833. The van der Waals surface area contributed by atoms with Crippen LogP contribution in [-0.2, 0) is 6.42 Å². The van der Waals surface area contributed by atoms with Crippen LogP contribution in [0.2, 0.25) is 0 Å². The Hall–Kier alpha value is -0.990. The van der Waals surface area contributed by atoms with Gasteiger partial charge in [0, 0.05) is 10.4 Å². The van der Waals surface area contributed by atoms with Crippen LogP contribution in [0.15, 0.2) is 41.1 Å². The van der Waals surface area contributed by atoms with Crippen LogP contribution in [0.25, 0.3) is 5.57 Å². The molecule has 0 radical (unpaired) electrons. The normalized spacial score (nSPS) is 13.9. The van der Waals surface area contributed by atoms with Crippen molar-refractivity contribution in [2.24, 2.45) is 0 Å². The number of hydrogen-bond donors (Lipinski definition) is 0. The van der Waals surface area contributed by atoms with Gasteiger partial charge in [-0.2, -0.15) is 0 Å². The lowest BCUT2D eigenvalue weighted by Gasteiger charge is -1.91. The summed E-state index contributed by atoms with van der Waals surface area (Å²) in [6, 6.07) is 8.68. The van der Waals surface area contributed by atoms with E-state index in [1.807, 2.05) is 22.7 Å². The molecule has 2 heteroatoms. The predicted molar refractivity (Wildman–Crippen MR) is 63.8 cm³/mol. The van der Waals surface area contributed by atoms with Crippen LogP contribution in [0.3, 0.4) is 0 Å². The zero-order chi connectivity index (χ0) is 9.38. The average Bonchev–Trinajstić information content (AvgIpc) is 2.85. The van der Waals surface area contributed by atoms with Gasteiger partial charge in [0.15, 0.2) is 5.38 Å². The van der Waals surface area contributed by atoms with Crippen LogP contribution in [0, 0.1) is 0 Å². The molecule has 0 aromatic carbocycles. The van der Waals surface area contributed by atoms with E-state index in [-0.39, 0.29) is 0 Å². The second kappa shape index (κ2) is 3.30. The first kappa shape index (κ1) is 8.33. The second-order valence-electron chi connectivity index (χ2n) is 3.27. The summed E-state index contributed by atoms with van der Waals surface area (Å²) < 4.78 is 0. The highest BCUT2D eigenvalue weighted by Gasteiger charge is 2.24. The Bertz CT molecular complexity index is 481. The quantitative estimate of drug-likeness (QED) is 0.631. The third kappa shape index (κ3) is 1.22. The second-order valence-corrected chi connectivity index (χ2v) is 5.13. The van der Waals surface area contributed by atoms with Crippen molar-refractivity contribution < 1.29 is 0 Å². The summed E-state index contributed by atoms with van der Waals surface area (Å²) in [6.07, 6.45) is 3.44. The Morgan fingerprint density at radius 3 is 3.07 bits per heavy atom. The first-order valence-electron chi connectivity index (χ1n) is 4.59. The first-order valence-corrected chi connectivity index (χ1v) is 6.35. The molecular weight excluding hydrogens is 208 g/mol. The van der Waals surface area contributed by atoms with Gasteiger partial charge in [-0.15, -0.1) is 11.3 Å². The summed E-state index contributed by atoms with van der Waals surface area (Å²) in [5.41, 5.74) is 2.90. The van der Waals surface area contributed by atoms with Crippen LogP contribution in [0.1, 0.15) is 15.3 Å². The van der Waals surface area contributed by atoms with Gasteiger partial charge in [0.25, 0.3) is 0 Å². The van der Waals surface area contributed by atoms with Gasteiger partial charge in [0.05, 0.1) is 5.57 Å². The fourth-order valence-electron chi connectivity index (χ4n) is 1.76. The molecule has 1 aliphatic rings. The number of fused-ring (bicyclic) bond motifs is 1. The minimum atomic E-state index is 1.10. The molecule has 68 valence electrons. The third-order valence-electron chi connectivity index (χ3n) is 2.41. The van der Waals surface area contributed by atoms with E-state index in [4.69, 9.17) is 0 Å². The van der Waals surface area contributed by atoms with Crippen molar-refractivity contribution in [3.8, 4) is 0 Å². The van der Waals surface area contributed by atoms with E-state index in [1.165, 1.54) is 20.9 Å². The van der Waals surface area contributed by atoms with Crippen LogP contribution < -0.4 is 0 Å². The highest BCUT2D eigenvalue weighted by Crippen LogP contribution is 2.36. The Kier molecular flexibility index (Phi) is 1.96. The van der Waals surface area contributed by atoms with Gasteiger partial charge < -0.3 is 0 Å². The Morgan fingerprint density at radius 1 is 1.21 bits per heavy atom. The largest absolute Gasteiger partial charge is 0.242 e. The van der Waals surface area contributed by atoms with Crippen molar-refractivity contribution in [1.82, 2.24) is 0 Å². The molecule has 0 atom stereocenters. The first-order chi connectivity index (χ1) is 6.95.